The third-order valence-corrected chi connectivity index (χ3v) is 5.79. The van der Waals surface area contributed by atoms with E-state index in [1.54, 1.807) is 0 Å². The van der Waals surface area contributed by atoms with Crippen molar-refractivity contribution >= 4 is 15.9 Å². The highest BCUT2D eigenvalue weighted by Gasteiger charge is 2.44. The standard InChI is InChI=1S/C13H24N2O4S/c1-13(2,3)19-12(16)15-10-4-8-6-20(17,18)7-9(5-10)11(8)14/h8-11H,4-7,14H2,1-3H3,(H,15,16). The molecule has 0 aromatic rings. The van der Waals surface area contributed by atoms with Crippen molar-refractivity contribution < 1.29 is 17.9 Å². The molecule has 0 aromatic heterocycles. The van der Waals surface area contributed by atoms with Crippen LogP contribution in [0.4, 0.5) is 4.79 Å². The number of hydrogen-bond acceptors (Lipinski definition) is 5. The molecule has 116 valence electrons. The van der Waals surface area contributed by atoms with E-state index in [4.69, 9.17) is 10.5 Å². The van der Waals surface area contributed by atoms with Crippen LogP contribution in [0.2, 0.25) is 0 Å². The second-order valence-electron chi connectivity index (χ2n) is 6.99. The summed E-state index contributed by atoms with van der Waals surface area (Å²) in [5, 5.41) is 2.84. The third kappa shape index (κ3) is 3.85. The summed E-state index contributed by atoms with van der Waals surface area (Å²) in [7, 11) is -2.98. The third-order valence-electron chi connectivity index (χ3n) is 3.92. The summed E-state index contributed by atoms with van der Waals surface area (Å²) in [6, 6.07) is -0.120. The Bertz CT molecular complexity index is 461. The molecule has 1 saturated carbocycles. The van der Waals surface area contributed by atoms with Crippen LogP contribution < -0.4 is 11.1 Å². The Balaban J connectivity index is 1.96. The molecule has 2 unspecified atom stereocenters. The normalized spacial score (nSPS) is 36.2. The van der Waals surface area contributed by atoms with Gasteiger partial charge in [-0.25, -0.2) is 13.2 Å². The zero-order valence-electron chi connectivity index (χ0n) is 12.3. The fraction of sp³-hybridized carbons (Fsp3) is 0.923. The number of hydrogen-bond donors (Lipinski definition) is 2. The predicted octanol–water partition coefficient (Wildman–Crippen LogP) is 0.662. The Morgan fingerprint density at radius 1 is 1.20 bits per heavy atom. The fourth-order valence-electron chi connectivity index (χ4n) is 3.20. The van der Waals surface area contributed by atoms with Crippen molar-refractivity contribution in [2.24, 2.45) is 17.6 Å². The molecular formula is C13H24N2O4S. The molecule has 0 radical (unpaired) electrons. The van der Waals surface area contributed by atoms with Crippen molar-refractivity contribution in [2.45, 2.75) is 51.3 Å². The van der Waals surface area contributed by atoms with Crippen LogP contribution in [-0.2, 0) is 14.6 Å². The number of ether oxygens (including phenoxy) is 1. The smallest absolute Gasteiger partial charge is 0.407 e. The molecule has 3 N–H and O–H groups in total. The predicted molar refractivity (Wildman–Crippen MR) is 76.0 cm³/mol. The van der Waals surface area contributed by atoms with Gasteiger partial charge in [0.05, 0.1) is 11.5 Å². The van der Waals surface area contributed by atoms with Gasteiger partial charge in [0.15, 0.2) is 9.84 Å². The largest absolute Gasteiger partial charge is 0.444 e. The van der Waals surface area contributed by atoms with E-state index in [0.29, 0.717) is 12.8 Å². The van der Waals surface area contributed by atoms with Gasteiger partial charge in [0.2, 0.25) is 0 Å². The first-order chi connectivity index (χ1) is 9.06. The van der Waals surface area contributed by atoms with E-state index in [9.17, 15) is 13.2 Å². The van der Waals surface area contributed by atoms with Crippen LogP contribution in [-0.4, -0.2) is 43.7 Å². The number of rotatable bonds is 1. The van der Waals surface area contributed by atoms with E-state index in [2.05, 4.69) is 5.32 Å². The van der Waals surface area contributed by atoms with Gasteiger partial charge in [0.25, 0.3) is 0 Å². The van der Waals surface area contributed by atoms with Crippen LogP contribution in [0.3, 0.4) is 0 Å². The average Bonchev–Trinajstić information content (AvgIpc) is 2.18. The highest BCUT2D eigenvalue weighted by Crippen LogP contribution is 2.35. The summed E-state index contributed by atoms with van der Waals surface area (Å²) in [5.41, 5.74) is 5.56. The van der Waals surface area contributed by atoms with Gasteiger partial charge in [-0.1, -0.05) is 0 Å². The minimum atomic E-state index is -2.98. The van der Waals surface area contributed by atoms with Gasteiger partial charge in [-0.05, 0) is 45.4 Å². The molecule has 0 aromatic carbocycles. The van der Waals surface area contributed by atoms with E-state index >= 15 is 0 Å². The first-order valence-corrected chi connectivity index (χ1v) is 8.83. The number of nitrogens with one attached hydrogen (secondary N) is 1. The van der Waals surface area contributed by atoms with Gasteiger partial charge in [0, 0.05) is 12.1 Å². The molecule has 0 spiro atoms. The van der Waals surface area contributed by atoms with Crippen molar-refractivity contribution in [3.63, 3.8) is 0 Å². The SMILES string of the molecule is CC(C)(C)OC(=O)NC1CC2CS(=O)(=O)CC(C1)C2N. The zero-order valence-corrected chi connectivity index (χ0v) is 13.1. The quantitative estimate of drug-likeness (QED) is 0.741. The lowest BCUT2D eigenvalue weighted by Gasteiger charge is -2.43. The average molecular weight is 304 g/mol. The molecule has 1 saturated heterocycles. The van der Waals surface area contributed by atoms with Gasteiger partial charge in [0.1, 0.15) is 5.60 Å². The maximum absolute atomic E-state index is 11.8. The molecule has 1 amide bonds. The van der Waals surface area contributed by atoms with Crippen molar-refractivity contribution in [1.82, 2.24) is 5.32 Å². The Labute approximate surface area is 120 Å². The lowest BCUT2D eigenvalue weighted by atomic mass is 9.76. The summed E-state index contributed by atoms with van der Waals surface area (Å²) in [5.74, 6) is 0.147. The van der Waals surface area contributed by atoms with Crippen molar-refractivity contribution in [3.8, 4) is 0 Å². The topological polar surface area (TPSA) is 98.5 Å². The monoisotopic (exact) mass is 304 g/mol. The van der Waals surface area contributed by atoms with Crippen LogP contribution in [0.25, 0.3) is 0 Å². The number of nitrogens with two attached hydrogens (primary N) is 1. The summed E-state index contributed by atoms with van der Waals surface area (Å²) in [4.78, 5) is 11.8. The maximum Gasteiger partial charge on any atom is 0.407 e. The minimum Gasteiger partial charge on any atom is -0.444 e. The first-order valence-electron chi connectivity index (χ1n) is 7.01. The van der Waals surface area contributed by atoms with Crippen molar-refractivity contribution in [3.05, 3.63) is 0 Å². The van der Waals surface area contributed by atoms with Crippen LogP contribution in [0, 0.1) is 11.8 Å². The molecule has 2 fully saturated rings. The number of alkyl carbamates (subject to hydrolysis) is 1. The Morgan fingerprint density at radius 2 is 1.70 bits per heavy atom. The number of carbonyl (C=O) groups excluding carboxylic acids is 1. The Morgan fingerprint density at radius 3 is 2.15 bits per heavy atom. The second kappa shape index (κ2) is 5.18. The lowest BCUT2D eigenvalue weighted by Crippen LogP contribution is -2.57. The van der Waals surface area contributed by atoms with E-state index in [1.807, 2.05) is 20.8 Å². The van der Waals surface area contributed by atoms with Crippen LogP contribution in [0.15, 0.2) is 0 Å². The lowest BCUT2D eigenvalue weighted by molar-refractivity contribution is 0.0468. The van der Waals surface area contributed by atoms with Gasteiger partial charge < -0.3 is 15.8 Å². The Kier molecular flexibility index (Phi) is 4.03. The van der Waals surface area contributed by atoms with Gasteiger partial charge in [-0.15, -0.1) is 0 Å². The van der Waals surface area contributed by atoms with Crippen molar-refractivity contribution in [1.29, 1.82) is 0 Å². The maximum atomic E-state index is 11.8. The summed E-state index contributed by atoms with van der Waals surface area (Å²) >= 11 is 0. The highest BCUT2D eigenvalue weighted by atomic mass is 32.2. The molecule has 2 aliphatic rings. The van der Waals surface area contributed by atoms with E-state index in [0.717, 1.165) is 0 Å². The van der Waals surface area contributed by atoms with Gasteiger partial charge >= 0.3 is 6.09 Å². The molecule has 1 aliphatic carbocycles. The van der Waals surface area contributed by atoms with Crippen molar-refractivity contribution in [2.75, 3.05) is 11.5 Å². The number of sulfone groups is 1. The van der Waals surface area contributed by atoms with E-state index < -0.39 is 21.5 Å². The molecule has 20 heavy (non-hydrogen) atoms. The fourth-order valence-corrected chi connectivity index (χ4v) is 5.35. The van der Waals surface area contributed by atoms with Gasteiger partial charge in [-0.2, -0.15) is 0 Å². The summed E-state index contributed by atoms with van der Waals surface area (Å²) < 4.78 is 28.7. The van der Waals surface area contributed by atoms with E-state index in [-0.39, 0.29) is 35.4 Å². The highest BCUT2D eigenvalue weighted by molar-refractivity contribution is 7.91. The molecule has 7 heteroatoms. The summed E-state index contributed by atoms with van der Waals surface area (Å²) in [6.07, 6.45) is 0.769. The van der Waals surface area contributed by atoms with Crippen LogP contribution in [0.5, 0.6) is 0 Å². The summed E-state index contributed by atoms with van der Waals surface area (Å²) in [6.45, 7) is 5.43. The minimum absolute atomic E-state index is 0.0462. The molecular weight excluding hydrogens is 280 g/mol. The van der Waals surface area contributed by atoms with Crippen LogP contribution >= 0.6 is 0 Å². The number of carbonyl (C=O) groups is 1. The second-order valence-corrected chi connectivity index (χ2v) is 9.14. The first kappa shape index (κ1) is 15.6. The molecule has 2 rings (SSSR count). The van der Waals surface area contributed by atoms with Gasteiger partial charge in [-0.3, -0.25) is 0 Å². The molecule has 2 atom stereocenters. The van der Waals surface area contributed by atoms with E-state index in [1.165, 1.54) is 0 Å². The molecule has 1 aliphatic heterocycles. The molecule has 1 heterocycles. The van der Waals surface area contributed by atoms with Crippen LogP contribution in [0.1, 0.15) is 33.6 Å². The molecule has 2 bridgehead atoms. The zero-order chi connectivity index (χ0) is 15.1. The molecule has 6 nitrogen and oxygen atoms in total. The number of amides is 1. The number of fused-ring (bicyclic) bond motifs is 2. The Hall–Kier alpha value is -0.820.